The van der Waals surface area contributed by atoms with E-state index in [4.69, 9.17) is 4.74 Å². The van der Waals surface area contributed by atoms with Gasteiger partial charge in [0.15, 0.2) is 11.5 Å². The molecule has 118 valence electrons. The van der Waals surface area contributed by atoms with Crippen LogP contribution >= 0.6 is 11.3 Å². The molecule has 0 radical (unpaired) electrons. The molecule has 5 heteroatoms. The van der Waals surface area contributed by atoms with Crippen molar-refractivity contribution in [1.82, 2.24) is 4.98 Å². The summed E-state index contributed by atoms with van der Waals surface area (Å²) in [7, 11) is 5.60. The van der Waals surface area contributed by atoms with E-state index < -0.39 is 0 Å². The summed E-state index contributed by atoms with van der Waals surface area (Å²) >= 11 is 1.66. The fourth-order valence-corrected chi connectivity index (χ4v) is 3.15. The molecule has 2 aromatic carbocycles. The number of aromatic nitrogens is 1. The quantitative estimate of drug-likeness (QED) is 0.778. The van der Waals surface area contributed by atoms with Gasteiger partial charge in [0, 0.05) is 19.8 Å². The molecule has 1 heterocycles. The molecule has 0 bridgehead atoms. The number of anilines is 1. The van der Waals surface area contributed by atoms with Gasteiger partial charge in [-0.15, -0.1) is 11.3 Å². The number of rotatable bonds is 4. The largest absolute Gasteiger partial charge is 0.504 e. The van der Waals surface area contributed by atoms with E-state index in [0.29, 0.717) is 5.75 Å². The normalized spacial score (nSPS) is 11.3. The van der Waals surface area contributed by atoms with Gasteiger partial charge in [0.2, 0.25) is 0 Å². The first kappa shape index (κ1) is 15.4. The highest BCUT2D eigenvalue weighted by Crippen LogP contribution is 2.29. The van der Waals surface area contributed by atoms with Crippen molar-refractivity contribution in [2.45, 2.75) is 0 Å². The van der Waals surface area contributed by atoms with Crippen molar-refractivity contribution in [3.63, 3.8) is 0 Å². The van der Waals surface area contributed by atoms with E-state index in [9.17, 15) is 5.11 Å². The lowest BCUT2D eigenvalue weighted by atomic mass is 10.2. The van der Waals surface area contributed by atoms with Crippen molar-refractivity contribution in [1.29, 1.82) is 0 Å². The number of aromatic hydroxyl groups is 1. The highest BCUT2D eigenvalue weighted by molar-refractivity contribution is 7.19. The minimum absolute atomic E-state index is 0.140. The molecule has 0 amide bonds. The van der Waals surface area contributed by atoms with E-state index in [2.05, 4.69) is 22.0 Å². The van der Waals surface area contributed by atoms with Crippen LogP contribution in [0.3, 0.4) is 0 Å². The van der Waals surface area contributed by atoms with E-state index >= 15 is 0 Å². The standard InChI is InChI=1S/C18H18N2O2S/c1-20(2)13-6-7-14-17(11-13)23-18(19-14)9-5-12-4-8-15(21)16(10-12)22-3/h4-11,21H,1-3H3. The molecule has 0 fully saturated rings. The van der Waals surface area contributed by atoms with Gasteiger partial charge in [-0.2, -0.15) is 0 Å². The highest BCUT2D eigenvalue weighted by atomic mass is 32.1. The Morgan fingerprint density at radius 3 is 2.70 bits per heavy atom. The zero-order chi connectivity index (χ0) is 16.4. The third-order valence-electron chi connectivity index (χ3n) is 3.53. The molecule has 3 rings (SSSR count). The number of phenols is 1. The number of methoxy groups -OCH3 is 1. The van der Waals surface area contributed by atoms with Crippen molar-refractivity contribution in [2.75, 3.05) is 26.1 Å². The summed E-state index contributed by atoms with van der Waals surface area (Å²) in [5.74, 6) is 0.605. The minimum Gasteiger partial charge on any atom is -0.504 e. The van der Waals surface area contributed by atoms with Crippen LogP contribution < -0.4 is 9.64 Å². The number of fused-ring (bicyclic) bond motifs is 1. The first-order valence-electron chi connectivity index (χ1n) is 7.20. The Morgan fingerprint density at radius 2 is 1.96 bits per heavy atom. The van der Waals surface area contributed by atoms with Crippen LogP contribution in [0.4, 0.5) is 5.69 Å². The Morgan fingerprint density at radius 1 is 1.13 bits per heavy atom. The van der Waals surface area contributed by atoms with Gasteiger partial charge in [-0.25, -0.2) is 4.98 Å². The monoisotopic (exact) mass is 326 g/mol. The number of hydrogen-bond donors (Lipinski definition) is 1. The number of phenolic OH excluding ortho intramolecular Hbond substituents is 1. The molecule has 1 N–H and O–H groups in total. The molecule has 23 heavy (non-hydrogen) atoms. The predicted octanol–water partition coefficient (Wildman–Crippen LogP) is 4.25. The molecule has 0 aliphatic rings. The molecular formula is C18H18N2O2S. The third-order valence-corrected chi connectivity index (χ3v) is 4.51. The first-order chi connectivity index (χ1) is 11.1. The van der Waals surface area contributed by atoms with E-state index in [1.54, 1.807) is 30.6 Å². The Balaban J connectivity index is 1.89. The van der Waals surface area contributed by atoms with Gasteiger partial charge >= 0.3 is 0 Å². The SMILES string of the molecule is COc1cc(C=Cc2nc3ccc(N(C)C)cc3s2)ccc1O. The summed E-state index contributed by atoms with van der Waals surface area (Å²) in [5.41, 5.74) is 3.12. The number of thiazole rings is 1. The fraction of sp³-hybridized carbons (Fsp3) is 0.167. The summed E-state index contributed by atoms with van der Waals surface area (Å²) in [6.07, 6.45) is 3.94. The molecule has 0 unspecified atom stereocenters. The second-order valence-corrected chi connectivity index (χ2v) is 6.43. The smallest absolute Gasteiger partial charge is 0.161 e. The van der Waals surface area contributed by atoms with Crippen molar-refractivity contribution in [3.8, 4) is 11.5 Å². The van der Waals surface area contributed by atoms with Crippen LogP contribution in [0.25, 0.3) is 22.4 Å². The maximum absolute atomic E-state index is 9.62. The molecule has 3 aromatic rings. The second-order valence-electron chi connectivity index (χ2n) is 5.36. The van der Waals surface area contributed by atoms with Crippen LogP contribution in [0.2, 0.25) is 0 Å². The van der Waals surface area contributed by atoms with E-state index in [1.807, 2.05) is 38.4 Å². The zero-order valence-electron chi connectivity index (χ0n) is 13.3. The van der Waals surface area contributed by atoms with Crippen LogP contribution in [0, 0.1) is 0 Å². The predicted molar refractivity (Wildman–Crippen MR) is 97.5 cm³/mol. The average molecular weight is 326 g/mol. The van der Waals surface area contributed by atoms with Gasteiger partial charge < -0.3 is 14.7 Å². The minimum atomic E-state index is 0.140. The maximum atomic E-state index is 9.62. The molecule has 4 nitrogen and oxygen atoms in total. The van der Waals surface area contributed by atoms with Crippen molar-refractivity contribution in [3.05, 3.63) is 47.0 Å². The van der Waals surface area contributed by atoms with Gasteiger partial charge in [-0.1, -0.05) is 12.1 Å². The van der Waals surface area contributed by atoms with Gasteiger partial charge in [0.25, 0.3) is 0 Å². The Bertz CT molecular complexity index is 869. The zero-order valence-corrected chi connectivity index (χ0v) is 14.1. The number of hydrogen-bond acceptors (Lipinski definition) is 5. The molecular weight excluding hydrogens is 308 g/mol. The van der Waals surface area contributed by atoms with E-state index in [-0.39, 0.29) is 5.75 Å². The molecule has 0 aliphatic carbocycles. The second kappa shape index (κ2) is 6.30. The van der Waals surface area contributed by atoms with Crippen molar-refractivity contribution < 1.29 is 9.84 Å². The summed E-state index contributed by atoms with van der Waals surface area (Å²) in [4.78, 5) is 6.70. The van der Waals surface area contributed by atoms with Crippen LogP contribution in [0.15, 0.2) is 36.4 Å². The van der Waals surface area contributed by atoms with Gasteiger partial charge in [-0.05, 0) is 42.0 Å². The average Bonchev–Trinajstić information content (AvgIpc) is 2.96. The lowest BCUT2D eigenvalue weighted by Crippen LogP contribution is -2.07. The van der Waals surface area contributed by atoms with Crippen LogP contribution in [-0.2, 0) is 0 Å². The third kappa shape index (κ3) is 3.29. The van der Waals surface area contributed by atoms with Gasteiger partial charge in [-0.3, -0.25) is 0 Å². The number of ether oxygens (including phenoxy) is 1. The lowest BCUT2D eigenvalue weighted by Gasteiger charge is -2.11. The molecule has 0 aliphatic heterocycles. The van der Waals surface area contributed by atoms with E-state index in [1.165, 1.54) is 10.4 Å². The Hall–Kier alpha value is -2.53. The summed E-state index contributed by atoms with van der Waals surface area (Å²) in [6, 6.07) is 11.5. The summed E-state index contributed by atoms with van der Waals surface area (Å²) in [6.45, 7) is 0. The number of benzene rings is 2. The molecule has 0 saturated heterocycles. The molecule has 0 atom stereocenters. The topological polar surface area (TPSA) is 45.6 Å². The van der Waals surface area contributed by atoms with Crippen LogP contribution in [0.1, 0.15) is 10.6 Å². The highest BCUT2D eigenvalue weighted by Gasteiger charge is 2.04. The molecule has 1 aromatic heterocycles. The summed E-state index contributed by atoms with van der Waals surface area (Å²) < 4.78 is 6.29. The summed E-state index contributed by atoms with van der Waals surface area (Å²) in [5, 5.41) is 10.6. The Labute approximate surface area is 139 Å². The molecule has 0 spiro atoms. The lowest BCUT2D eigenvalue weighted by molar-refractivity contribution is 0.373. The van der Waals surface area contributed by atoms with Crippen LogP contribution in [0.5, 0.6) is 11.5 Å². The van der Waals surface area contributed by atoms with Crippen molar-refractivity contribution >= 4 is 39.4 Å². The molecule has 0 saturated carbocycles. The first-order valence-corrected chi connectivity index (χ1v) is 8.01. The Kier molecular flexibility index (Phi) is 4.21. The van der Waals surface area contributed by atoms with Gasteiger partial charge in [0.1, 0.15) is 5.01 Å². The fourth-order valence-electron chi connectivity index (χ4n) is 2.25. The van der Waals surface area contributed by atoms with Crippen LogP contribution in [-0.4, -0.2) is 31.3 Å². The number of nitrogens with zero attached hydrogens (tertiary/aromatic N) is 2. The van der Waals surface area contributed by atoms with Gasteiger partial charge in [0.05, 0.1) is 17.3 Å². The van der Waals surface area contributed by atoms with E-state index in [0.717, 1.165) is 16.1 Å². The van der Waals surface area contributed by atoms with Crippen molar-refractivity contribution in [2.24, 2.45) is 0 Å². The maximum Gasteiger partial charge on any atom is 0.161 e.